The summed E-state index contributed by atoms with van der Waals surface area (Å²) >= 11 is 3.21. The fourth-order valence-electron chi connectivity index (χ4n) is 1.52. The molecule has 0 bridgehead atoms. The van der Waals surface area contributed by atoms with Crippen molar-refractivity contribution in [3.05, 3.63) is 58.3 Å². The molecule has 0 radical (unpaired) electrons. The van der Waals surface area contributed by atoms with Crippen LogP contribution in [0.4, 0.5) is 10.1 Å². The molecule has 2 aromatic rings. The Balaban J connectivity index is 2.41. The maximum atomic E-state index is 12.8. The smallest absolute Gasteiger partial charge is 0.261 e. The third-order valence-corrected chi connectivity index (χ3v) is 4.34. The maximum Gasteiger partial charge on any atom is 0.261 e. The molecule has 102 valence electrons. The van der Waals surface area contributed by atoms with Crippen molar-refractivity contribution >= 4 is 31.6 Å². The Morgan fingerprint density at radius 1 is 1.15 bits per heavy atom. The Hall–Kier alpha value is -1.91. The molecule has 2 aromatic carbocycles. The van der Waals surface area contributed by atoms with Crippen molar-refractivity contribution in [3.63, 3.8) is 0 Å². The van der Waals surface area contributed by atoms with E-state index in [1.54, 1.807) is 6.07 Å². The molecule has 0 aliphatic heterocycles. The van der Waals surface area contributed by atoms with E-state index in [9.17, 15) is 12.8 Å². The molecule has 0 saturated carbocycles. The number of halogens is 2. The Kier molecular flexibility index (Phi) is 4.06. The van der Waals surface area contributed by atoms with Gasteiger partial charge in [0.1, 0.15) is 11.9 Å². The number of rotatable bonds is 3. The van der Waals surface area contributed by atoms with E-state index in [1.807, 2.05) is 6.07 Å². The second kappa shape index (κ2) is 5.61. The summed E-state index contributed by atoms with van der Waals surface area (Å²) in [6.45, 7) is 0. The lowest BCUT2D eigenvalue weighted by molar-refractivity contribution is 0.599. The van der Waals surface area contributed by atoms with Gasteiger partial charge >= 0.3 is 0 Å². The molecule has 0 amide bonds. The van der Waals surface area contributed by atoms with Gasteiger partial charge in [-0.05, 0) is 42.5 Å². The van der Waals surface area contributed by atoms with E-state index in [1.165, 1.54) is 12.1 Å². The largest absolute Gasteiger partial charge is 0.278 e. The molecular formula is C13H8BrFN2O2S. The summed E-state index contributed by atoms with van der Waals surface area (Å²) in [5.74, 6) is -0.524. The zero-order valence-corrected chi connectivity index (χ0v) is 12.4. The van der Waals surface area contributed by atoms with Gasteiger partial charge in [0.05, 0.1) is 16.1 Å². The van der Waals surface area contributed by atoms with Gasteiger partial charge in [0.15, 0.2) is 0 Å². The van der Waals surface area contributed by atoms with Gasteiger partial charge in [-0.15, -0.1) is 0 Å². The highest BCUT2D eigenvalue weighted by molar-refractivity contribution is 9.10. The van der Waals surface area contributed by atoms with Crippen molar-refractivity contribution in [3.8, 4) is 6.07 Å². The summed E-state index contributed by atoms with van der Waals surface area (Å²) in [5, 5.41) is 8.96. The minimum absolute atomic E-state index is 0.0808. The fraction of sp³-hybridized carbons (Fsp3) is 0. The molecule has 0 atom stereocenters. The van der Waals surface area contributed by atoms with Crippen molar-refractivity contribution in [2.75, 3.05) is 4.72 Å². The second-order valence-electron chi connectivity index (χ2n) is 3.86. The van der Waals surface area contributed by atoms with Gasteiger partial charge in [-0.1, -0.05) is 15.9 Å². The third kappa shape index (κ3) is 3.15. The van der Waals surface area contributed by atoms with Gasteiger partial charge in [-0.2, -0.15) is 5.26 Å². The number of nitrogens with one attached hydrogen (secondary N) is 1. The van der Waals surface area contributed by atoms with Crippen LogP contribution in [0.5, 0.6) is 0 Å². The van der Waals surface area contributed by atoms with Crippen molar-refractivity contribution < 1.29 is 12.8 Å². The van der Waals surface area contributed by atoms with Crippen LogP contribution in [-0.4, -0.2) is 8.42 Å². The van der Waals surface area contributed by atoms with Crippen LogP contribution in [0.1, 0.15) is 5.56 Å². The van der Waals surface area contributed by atoms with Gasteiger partial charge in [0.25, 0.3) is 10.0 Å². The van der Waals surface area contributed by atoms with E-state index in [0.29, 0.717) is 4.47 Å². The molecule has 0 heterocycles. The Morgan fingerprint density at radius 2 is 1.80 bits per heavy atom. The van der Waals surface area contributed by atoms with Crippen LogP contribution in [0.15, 0.2) is 51.8 Å². The fourth-order valence-corrected chi connectivity index (χ4v) is 2.95. The highest BCUT2D eigenvalue weighted by Crippen LogP contribution is 2.23. The van der Waals surface area contributed by atoms with E-state index < -0.39 is 15.8 Å². The summed E-state index contributed by atoms with van der Waals surface area (Å²) in [7, 11) is -3.87. The summed E-state index contributed by atoms with van der Waals surface area (Å²) in [5.41, 5.74) is 0.352. The molecule has 0 saturated heterocycles. The lowest BCUT2D eigenvalue weighted by Gasteiger charge is -2.09. The van der Waals surface area contributed by atoms with Crippen molar-refractivity contribution in [1.82, 2.24) is 0 Å². The molecule has 0 aliphatic carbocycles. The molecule has 0 aromatic heterocycles. The SMILES string of the molecule is N#Cc1ccc(Br)cc1NS(=O)(=O)c1ccc(F)cc1. The first-order valence-electron chi connectivity index (χ1n) is 5.40. The number of nitrogens with zero attached hydrogens (tertiary/aromatic N) is 1. The Morgan fingerprint density at radius 3 is 2.40 bits per heavy atom. The standard InChI is InChI=1S/C13H8BrFN2O2S/c14-10-2-1-9(8-16)13(7-10)17-20(18,19)12-5-3-11(15)4-6-12/h1-7,17H. The topological polar surface area (TPSA) is 70.0 Å². The molecule has 0 fully saturated rings. The number of hydrogen-bond donors (Lipinski definition) is 1. The zero-order valence-electron chi connectivity index (χ0n) is 9.97. The maximum absolute atomic E-state index is 12.8. The van der Waals surface area contributed by atoms with Gasteiger partial charge < -0.3 is 0 Å². The number of anilines is 1. The second-order valence-corrected chi connectivity index (χ2v) is 6.46. The van der Waals surface area contributed by atoms with Crippen LogP contribution in [-0.2, 0) is 10.0 Å². The predicted octanol–water partition coefficient (Wildman–Crippen LogP) is 3.26. The number of hydrogen-bond acceptors (Lipinski definition) is 3. The van der Waals surface area contributed by atoms with E-state index in [0.717, 1.165) is 24.3 Å². The summed E-state index contributed by atoms with van der Waals surface area (Å²) in [4.78, 5) is -0.0808. The first-order valence-corrected chi connectivity index (χ1v) is 7.68. The summed E-state index contributed by atoms with van der Waals surface area (Å²) < 4.78 is 40.0. The molecule has 1 N–H and O–H groups in total. The minimum atomic E-state index is -3.87. The molecule has 0 spiro atoms. The predicted molar refractivity (Wildman–Crippen MR) is 76.1 cm³/mol. The highest BCUT2D eigenvalue weighted by Gasteiger charge is 2.16. The minimum Gasteiger partial charge on any atom is -0.278 e. The van der Waals surface area contributed by atoms with Crippen molar-refractivity contribution in [1.29, 1.82) is 5.26 Å². The van der Waals surface area contributed by atoms with Crippen molar-refractivity contribution in [2.45, 2.75) is 4.90 Å². The van der Waals surface area contributed by atoms with E-state index >= 15 is 0 Å². The highest BCUT2D eigenvalue weighted by atomic mass is 79.9. The average Bonchev–Trinajstić information content (AvgIpc) is 2.39. The first-order chi connectivity index (χ1) is 9.42. The number of sulfonamides is 1. The van der Waals surface area contributed by atoms with Gasteiger partial charge in [-0.25, -0.2) is 12.8 Å². The van der Waals surface area contributed by atoms with Crippen LogP contribution in [0.2, 0.25) is 0 Å². The van der Waals surface area contributed by atoms with E-state index in [2.05, 4.69) is 20.7 Å². The van der Waals surface area contributed by atoms with Gasteiger partial charge in [0, 0.05) is 4.47 Å². The van der Waals surface area contributed by atoms with Crippen LogP contribution < -0.4 is 4.72 Å². The summed E-state index contributed by atoms with van der Waals surface area (Å²) in [6, 6.07) is 10.9. The lowest BCUT2D eigenvalue weighted by Crippen LogP contribution is -2.13. The molecular weight excluding hydrogens is 347 g/mol. The van der Waals surface area contributed by atoms with Gasteiger partial charge in [-0.3, -0.25) is 4.72 Å². The molecule has 20 heavy (non-hydrogen) atoms. The summed E-state index contributed by atoms with van der Waals surface area (Å²) in [6.07, 6.45) is 0. The molecule has 2 rings (SSSR count). The van der Waals surface area contributed by atoms with Crippen LogP contribution >= 0.6 is 15.9 Å². The quantitative estimate of drug-likeness (QED) is 0.919. The first kappa shape index (κ1) is 14.5. The van der Waals surface area contributed by atoms with Crippen molar-refractivity contribution in [2.24, 2.45) is 0 Å². The molecule has 7 heteroatoms. The van der Waals surface area contributed by atoms with E-state index in [-0.39, 0.29) is 16.1 Å². The van der Waals surface area contributed by atoms with E-state index in [4.69, 9.17) is 5.26 Å². The zero-order chi connectivity index (χ0) is 14.8. The number of nitriles is 1. The van der Waals surface area contributed by atoms with Gasteiger partial charge in [0.2, 0.25) is 0 Å². The van der Waals surface area contributed by atoms with Crippen LogP contribution in [0, 0.1) is 17.1 Å². The van der Waals surface area contributed by atoms with Crippen LogP contribution in [0.25, 0.3) is 0 Å². The van der Waals surface area contributed by atoms with Crippen LogP contribution in [0.3, 0.4) is 0 Å². The Labute approximate surface area is 124 Å². The molecule has 4 nitrogen and oxygen atoms in total. The monoisotopic (exact) mass is 354 g/mol. The third-order valence-electron chi connectivity index (χ3n) is 2.47. The number of benzene rings is 2. The average molecular weight is 355 g/mol. The normalized spacial score (nSPS) is 10.8. The molecule has 0 aliphatic rings. The Bertz CT molecular complexity index is 783. The lowest BCUT2D eigenvalue weighted by atomic mass is 10.2. The molecule has 0 unspecified atom stereocenters.